The van der Waals surface area contributed by atoms with Gasteiger partial charge < -0.3 is 0 Å². The maximum absolute atomic E-state index is 4.76. The van der Waals surface area contributed by atoms with Gasteiger partial charge in [-0.05, 0) is 89.4 Å². The summed E-state index contributed by atoms with van der Waals surface area (Å²) in [5.74, 6) is 0. The summed E-state index contributed by atoms with van der Waals surface area (Å²) in [4.78, 5) is 4.76. The minimum absolute atomic E-state index is 0.204. The molecule has 1 heterocycles. The smallest absolute Gasteiger partial charge is 0.0780 e. The Bertz CT molecular complexity index is 1340. The Balaban J connectivity index is 1.63. The molecule has 0 bridgehead atoms. The third kappa shape index (κ3) is 3.99. The summed E-state index contributed by atoms with van der Waals surface area (Å²) >= 11 is 0. The first kappa shape index (κ1) is 21.9. The molecule has 0 atom stereocenters. The Morgan fingerprint density at radius 1 is 0.636 bits per heavy atom. The lowest BCUT2D eigenvalue weighted by Crippen LogP contribution is -2.21. The van der Waals surface area contributed by atoms with Gasteiger partial charge in [-0.2, -0.15) is 0 Å². The van der Waals surface area contributed by atoms with Crippen molar-refractivity contribution in [1.82, 2.24) is 4.98 Å². The zero-order valence-corrected chi connectivity index (χ0v) is 20.9. The van der Waals surface area contributed by atoms with Crippen molar-refractivity contribution < 1.29 is 0 Å². The summed E-state index contributed by atoms with van der Waals surface area (Å²) in [5.41, 5.74) is 10.9. The van der Waals surface area contributed by atoms with Crippen LogP contribution in [0.3, 0.4) is 0 Å². The van der Waals surface area contributed by atoms with Crippen LogP contribution in [0, 0.1) is 13.8 Å². The third-order valence-electron chi connectivity index (χ3n) is 7.67. The molecule has 1 aliphatic rings. The van der Waals surface area contributed by atoms with Gasteiger partial charge in [-0.25, -0.2) is 0 Å². The Labute approximate surface area is 198 Å². The number of benzene rings is 3. The predicted octanol–water partition coefficient (Wildman–Crippen LogP) is 8.92. The zero-order valence-electron chi connectivity index (χ0n) is 20.9. The van der Waals surface area contributed by atoms with Gasteiger partial charge in [0.15, 0.2) is 0 Å². The first-order valence-electron chi connectivity index (χ1n) is 12.3. The van der Waals surface area contributed by atoms with Crippen molar-refractivity contribution in [2.75, 3.05) is 0 Å². The molecule has 0 fully saturated rings. The number of hydrogen-bond acceptors (Lipinski definition) is 1. The van der Waals surface area contributed by atoms with E-state index in [0.29, 0.717) is 0 Å². The molecule has 0 amide bonds. The Morgan fingerprint density at radius 3 is 2.00 bits per heavy atom. The maximum Gasteiger partial charge on any atom is 0.0780 e. The highest BCUT2D eigenvalue weighted by Gasteiger charge is 2.34. The average Bonchev–Trinajstić information content (AvgIpc) is 2.85. The molecule has 3 aromatic carbocycles. The molecular formula is C32H35N. The van der Waals surface area contributed by atoms with Crippen LogP contribution in [0.5, 0.6) is 0 Å². The highest BCUT2D eigenvalue weighted by atomic mass is 14.7. The van der Waals surface area contributed by atoms with Crippen molar-refractivity contribution in [3.63, 3.8) is 0 Å². The molecular weight excluding hydrogens is 398 g/mol. The lowest BCUT2D eigenvalue weighted by molar-refractivity contribution is 0.433. The van der Waals surface area contributed by atoms with Crippen molar-refractivity contribution in [3.8, 4) is 22.4 Å². The largest absolute Gasteiger partial charge is 0.256 e. The van der Waals surface area contributed by atoms with Crippen molar-refractivity contribution >= 4 is 10.8 Å². The van der Waals surface area contributed by atoms with E-state index in [4.69, 9.17) is 4.98 Å². The van der Waals surface area contributed by atoms with E-state index >= 15 is 0 Å². The second kappa shape index (κ2) is 7.83. The number of fused-ring (bicyclic) bond motifs is 2. The molecule has 0 spiro atoms. The molecule has 0 N–H and O–H groups in total. The van der Waals surface area contributed by atoms with Gasteiger partial charge in [0.1, 0.15) is 0 Å². The van der Waals surface area contributed by atoms with Gasteiger partial charge >= 0.3 is 0 Å². The minimum atomic E-state index is 0.204. The van der Waals surface area contributed by atoms with E-state index in [-0.39, 0.29) is 10.8 Å². The molecule has 1 aromatic heterocycles. The molecule has 0 saturated heterocycles. The molecule has 0 radical (unpaired) electrons. The van der Waals surface area contributed by atoms with Crippen LogP contribution in [-0.4, -0.2) is 4.98 Å². The molecule has 1 aliphatic carbocycles. The second-order valence-corrected chi connectivity index (χ2v) is 11.4. The van der Waals surface area contributed by atoms with Crippen molar-refractivity contribution in [1.29, 1.82) is 0 Å². The van der Waals surface area contributed by atoms with Crippen LogP contribution < -0.4 is 0 Å². The van der Waals surface area contributed by atoms with E-state index in [1.807, 2.05) is 6.20 Å². The van der Waals surface area contributed by atoms with Gasteiger partial charge in [0.2, 0.25) is 0 Å². The lowest BCUT2D eigenvalue weighted by atomic mass is 9.74. The summed E-state index contributed by atoms with van der Waals surface area (Å²) in [7, 11) is 0. The van der Waals surface area contributed by atoms with E-state index in [1.54, 1.807) is 0 Å². The van der Waals surface area contributed by atoms with Crippen LogP contribution in [0.2, 0.25) is 0 Å². The number of rotatable bonds is 2. The van der Waals surface area contributed by atoms with Gasteiger partial charge in [0.05, 0.1) is 5.69 Å². The molecule has 1 nitrogen and oxygen atoms in total. The summed E-state index contributed by atoms with van der Waals surface area (Å²) in [5, 5.41) is 2.45. The predicted molar refractivity (Wildman–Crippen MR) is 142 cm³/mol. The quantitative estimate of drug-likeness (QED) is 0.288. The van der Waals surface area contributed by atoms with E-state index in [0.717, 1.165) is 5.69 Å². The summed E-state index contributed by atoms with van der Waals surface area (Å²) < 4.78 is 0. The fourth-order valence-corrected chi connectivity index (χ4v) is 5.81. The van der Waals surface area contributed by atoms with Gasteiger partial charge in [0.25, 0.3) is 0 Å². The summed E-state index contributed by atoms with van der Waals surface area (Å²) in [6.07, 6.45) is 5.73. The third-order valence-corrected chi connectivity index (χ3v) is 7.67. The van der Waals surface area contributed by atoms with Crippen molar-refractivity contribution in [2.45, 2.75) is 71.6 Å². The number of pyridine rings is 1. The van der Waals surface area contributed by atoms with E-state index in [1.165, 1.54) is 69.0 Å². The van der Waals surface area contributed by atoms with E-state index in [9.17, 15) is 0 Å². The molecule has 1 heteroatoms. The Kier molecular flexibility index (Phi) is 5.20. The monoisotopic (exact) mass is 433 g/mol. The number of aromatic nitrogens is 1. The maximum atomic E-state index is 4.76. The normalized spacial score (nSPS) is 16.9. The minimum Gasteiger partial charge on any atom is -0.256 e. The second-order valence-electron chi connectivity index (χ2n) is 11.4. The molecule has 0 unspecified atom stereocenters. The van der Waals surface area contributed by atoms with E-state index < -0.39 is 0 Å². The first-order chi connectivity index (χ1) is 15.6. The topological polar surface area (TPSA) is 12.9 Å². The highest BCUT2D eigenvalue weighted by molar-refractivity contribution is 5.97. The standard InChI is InChI=1S/C32H35N/c1-21-16-22(2)18-26(17-21)30-27-10-8-23(19-25(27)12-15-33-30)24-9-11-28-29(20-24)32(5,6)14-7-13-31(28,3)4/h8-12,15-20H,7,13-14H2,1-6H3. The van der Waals surface area contributed by atoms with Crippen LogP contribution in [0.15, 0.2) is 66.9 Å². The summed E-state index contributed by atoms with van der Waals surface area (Å²) in [6.45, 7) is 14.0. The molecule has 33 heavy (non-hydrogen) atoms. The number of hydrogen-bond donors (Lipinski definition) is 0. The Morgan fingerprint density at radius 2 is 1.27 bits per heavy atom. The van der Waals surface area contributed by atoms with Gasteiger partial charge in [-0.3, -0.25) is 4.98 Å². The first-order valence-corrected chi connectivity index (χ1v) is 12.3. The average molecular weight is 434 g/mol. The lowest BCUT2D eigenvalue weighted by Gasteiger charge is -2.30. The van der Waals surface area contributed by atoms with Crippen LogP contribution in [0.4, 0.5) is 0 Å². The fraction of sp³-hybridized carbons (Fsp3) is 0.344. The SMILES string of the molecule is Cc1cc(C)cc(-c2nccc3cc(-c4ccc5c(c4)C(C)(C)CCCC5(C)C)ccc23)c1. The Hall–Kier alpha value is -2.93. The van der Waals surface area contributed by atoms with Gasteiger partial charge in [-0.15, -0.1) is 0 Å². The number of aryl methyl sites for hydroxylation is 2. The number of nitrogens with zero attached hydrogens (tertiary/aromatic N) is 1. The zero-order chi connectivity index (χ0) is 23.4. The van der Waals surface area contributed by atoms with Crippen LogP contribution in [0.25, 0.3) is 33.2 Å². The highest BCUT2D eigenvalue weighted by Crippen LogP contribution is 2.45. The molecule has 168 valence electrons. The fourth-order valence-electron chi connectivity index (χ4n) is 5.81. The molecule has 5 rings (SSSR count). The van der Waals surface area contributed by atoms with Gasteiger partial charge in [0, 0.05) is 17.1 Å². The molecule has 0 saturated carbocycles. The molecule has 4 aromatic rings. The van der Waals surface area contributed by atoms with Crippen LogP contribution in [-0.2, 0) is 10.8 Å². The van der Waals surface area contributed by atoms with Gasteiger partial charge in [-0.1, -0.05) is 81.6 Å². The van der Waals surface area contributed by atoms with E-state index in [2.05, 4.69) is 102 Å². The van der Waals surface area contributed by atoms with Crippen LogP contribution >= 0.6 is 0 Å². The molecule has 0 aliphatic heterocycles. The van der Waals surface area contributed by atoms with Crippen LogP contribution in [0.1, 0.15) is 69.2 Å². The summed E-state index contributed by atoms with van der Waals surface area (Å²) in [6, 6.07) is 22.9. The van der Waals surface area contributed by atoms with Crippen molar-refractivity contribution in [2.24, 2.45) is 0 Å². The van der Waals surface area contributed by atoms with Crippen molar-refractivity contribution in [3.05, 3.63) is 89.1 Å².